The van der Waals surface area contributed by atoms with Crippen molar-refractivity contribution in [3.8, 4) is 61.8 Å². The molecule has 0 saturated heterocycles. The van der Waals surface area contributed by atoms with Gasteiger partial charge in [-0.25, -0.2) is 4.98 Å². The molecule has 76 heavy (non-hydrogen) atoms. The van der Waals surface area contributed by atoms with Gasteiger partial charge in [-0.2, -0.15) is 9.97 Å². The Morgan fingerprint density at radius 2 is 0.921 bits per heavy atom. The summed E-state index contributed by atoms with van der Waals surface area (Å²) in [6.07, 6.45) is 0. The second-order valence-electron chi connectivity index (χ2n) is 19.9. The van der Waals surface area contributed by atoms with Crippen molar-refractivity contribution in [3.63, 3.8) is 0 Å². The van der Waals surface area contributed by atoms with Crippen LogP contribution in [0.15, 0.2) is 265 Å². The number of benzene rings is 11. The number of hydrogen-bond donors (Lipinski definition) is 0. The molecule has 0 fully saturated rings. The average Bonchev–Trinajstić information content (AvgIpc) is 4.30. The number of anilines is 3. The summed E-state index contributed by atoms with van der Waals surface area (Å²) in [5.74, 6) is 1.73. The van der Waals surface area contributed by atoms with Crippen LogP contribution in [-0.2, 0) is 5.41 Å². The summed E-state index contributed by atoms with van der Waals surface area (Å²) in [4.78, 5) is 18.3. The fraction of sp³-hybridized carbons (Fsp3) is 0.0143. The van der Waals surface area contributed by atoms with E-state index in [1.807, 2.05) is 36.4 Å². The van der Waals surface area contributed by atoms with E-state index in [4.69, 9.17) is 19.4 Å². The van der Waals surface area contributed by atoms with Crippen LogP contribution in [0.1, 0.15) is 22.3 Å². The Bertz CT molecular complexity index is 4600. The van der Waals surface area contributed by atoms with E-state index in [1.54, 1.807) is 0 Å². The molecule has 3 aromatic heterocycles. The van der Waals surface area contributed by atoms with Gasteiger partial charge in [-0.05, 0) is 110 Å². The SMILES string of the molecule is c1ccc(-c2cccc(-n3c4ccccc4c4cc(-c5ccc6c(c5)N(c5nc(-c7ccccc7)nc(-c7ccccc7)n5)c5ccccc5C65c6ccccc6-c6c5ccc5oc7ccccc7c65)ccc43)c2)cc1. The lowest BCUT2D eigenvalue weighted by Gasteiger charge is -2.44. The van der Waals surface area contributed by atoms with Gasteiger partial charge in [0.25, 0.3) is 0 Å². The van der Waals surface area contributed by atoms with Crippen LogP contribution in [0.3, 0.4) is 0 Å². The maximum atomic E-state index is 6.62. The predicted molar refractivity (Wildman–Crippen MR) is 309 cm³/mol. The summed E-state index contributed by atoms with van der Waals surface area (Å²) in [6, 6.07) is 93.5. The van der Waals surface area contributed by atoms with Crippen LogP contribution < -0.4 is 4.90 Å². The number of fused-ring (bicyclic) bond motifs is 16. The van der Waals surface area contributed by atoms with Crippen molar-refractivity contribution in [2.75, 3.05) is 4.90 Å². The monoisotopic (exact) mass is 969 g/mol. The molecule has 1 atom stereocenters. The topological polar surface area (TPSA) is 60.0 Å². The van der Waals surface area contributed by atoms with Gasteiger partial charge in [0.15, 0.2) is 11.6 Å². The molecule has 0 N–H and O–H groups in total. The van der Waals surface area contributed by atoms with E-state index in [-0.39, 0.29) is 0 Å². The Morgan fingerprint density at radius 1 is 0.342 bits per heavy atom. The zero-order valence-electron chi connectivity index (χ0n) is 41.0. The minimum absolute atomic E-state index is 0.535. The molecule has 16 rings (SSSR count). The quantitative estimate of drug-likeness (QED) is 0.166. The third kappa shape index (κ3) is 6.12. The first kappa shape index (κ1) is 42.3. The third-order valence-electron chi connectivity index (χ3n) is 15.8. The van der Waals surface area contributed by atoms with E-state index >= 15 is 0 Å². The highest BCUT2D eigenvalue weighted by Gasteiger charge is 2.53. The van der Waals surface area contributed by atoms with Gasteiger partial charge in [-0.15, -0.1) is 0 Å². The minimum atomic E-state index is -0.733. The summed E-state index contributed by atoms with van der Waals surface area (Å²) < 4.78 is 9.02. The van der Waals surface area contributed by atoms with Crippen molar-refractivity contribution < 1.29 is 4.42 Å². The molecule has 0 saturated carbocycles. The maximum absolute atomic E-state index is 6.62. The highest BCUT2D eigenvalue weighted by Crippen LogP contribution is 2.65. The Balaban J connectivity index is 0.968. The summed E-state index contributed by atoms with van der Waals surface area (Å²) in [7, 11) is 0. The average molecular weight is 970 g/mol. The number of furan rings is 1. The van der Waals surface area contributed by atoms with Gasteiger partial charge in [0.2, 0.25) is 5.95 Å². The molecule has 0 amide bonds. The van der Waals surface area contributed by atoms with E-state index in [0.29, 0.717) is 17.6 Å². The van der Waals surface area contributed by atoms with Crippen LogP contribution in [0.2, 0.25) is 0 Å². The van der Waals surface area contributed by atoms with Crippen LogP contribution in [-0.4, -0.2) is 19.5 Å². The smallest absolute Gasteiger partial charge is 0.238 e. The van der Waals surface area contributed by atoms with Gasteiger partial charge >= 0.3 is 0 Å². The zero-order valence-corrected chi connectivity index (χ0v) is 41.0. The van der Waals surface area contributed by atoms with Crippen molar-refractivity contribution in [1.82, 2.24) is 19.5 Å². The highest BCUT2D eigenvalue weighted by atomic mass is 16.3. The Labute approximate surface area is 438 Å². The van der Waals surface area contributed by atoms with Gasteiger partial charge in [0, 0.05) is 38.4 Å². The van der Waals surface area contributed by atoms with Crippen LogP contribution in [0, 0.1) is 0 Å². The van der Waals surface area contributed by atoms with E-state index in [1.165, 1.54) is 44.2 Å². The molecule has 1 aliphatic heterocycles. The molecule has 354 valence electrons. The molecule has 1 spiro atoms. The fourth-order valence-corrected chi connectivity index (χ4v) is 12.6. The molecule has 1 aliphatic carbocycles. The van der Waals surface area contributed by atoms with Crippen molar-refractivity contribution in [2.24, 2.45) is 0 Å². The molecule has 0 bridgehead atoms. The first-order valence-corrected chi connectivity index (χ1v) is 25.8. The van der Waals surface area contributed by atoms with Crippen molar-refractivity contribution >= 4 is 61.1 Å². The number of para-hydroxylation sites is 3. The van der Waals surface area contributed by atoms with Gasteiger partial charge in [0.1, 0.15) is 11.2 Å². The largest absolute Gasteiger partial charge is 0.456 e. The van der Waals surface area contributed by atoms with Gasteiger partial charge in [-0.3, -0.25) is 4.90 Å². The van der Waals surface area contributed by atoms with Crippen molar-refractivity contribution in [3.05, 3.63) is 283 Å². The standard InChI is InChI=1S/C70H43N5O/c1-4-19-44(20-5-1)47-25-18-26-50(41-47)74-59-32-15-11-27-51(59)54-42-48(36-39-60(54)74)49-35-37-57-62(43-49)75(69-72-67(45-21-6-2-7-22-45)71-68(73-69)46-23-8-3-9-24-46)61-33-16-14-31-56(61)70(57)55-30-13-10-28-52(55)65-58(70)38-40-64-66(65)53-29-12-17-34-63(53)76-64/h1-43H. The van der Waals surface area contributed by atoms with Crippen LogP contribution in [0.25, 0.3) is 106 Å². The van der Waals surface area contributed by atoms with Gasteiger partial charge < -0.3 is 8.98 Å². The molecular weight excluding hydrogens is 927 g/mol. The molecule has 6 nitrogen and oxygen atoms in total. The third-order valence-corrected chi connectivity index (χ3v) is 15.8. The molecule has 14 aromatic rings. The lowest BCUT2D eigenvalue weighted by atomic mass is 9.64. The number of nitrogens with zero attached hydrogens (tertiary/aromatic N) is 5. The highest BCUT2D eigenvalue weighted by molar-refractivity contribution is 6.16. The lowest BCUT2D eigenvalue weighted by Crippen LogP contribution is -2.36. The molecule has 1 unspecified atom stereocenters. The Morgan fingerprint density at radius 3 is 1.71 bits per heavy atom. The van der Waals surface area contributed by atoms with E-state index in [9.17, 15) is 0 Å². The summed E-state index contributed by atoms with van der Waals surface area (Å²) in [5, 5.41) is 4.62. The van der Waals surface area contributed by atoms with Gasteiger partial charge in [0.05, 0.1) is 27.8 Å². The first-order valence-electron chi connectivity index (χ1n) is 25.8. The van der Waals surface area contributed by atoms with Crippen molar-refractivity contribution in [2.45, 2.75) is 5.41 Å². The predicted octanol–water partition coefficient (Wildman–Crippen LogP) is 17.7. The number of rotatable bonds is 6. The normalized spacial score (nSPS) is 14.3. The lowest BCUT2D eigenvalue weighted by molar-refractivity contribution is 0.668. The molecular formula is C70H43N5O. The number of aromatic nitrogens is 4. The maximum Gasteiger partial charge on any atom is 0.238 e. The van der Waals surface area contributed by atoms with Crippen LogP contribution in [0.4, 0.5) is 17.3 Å². The van der Waals surface area contributed by atoms with Crippen molar-refractivity contribution in [1.29, 1.82) is 0 Å². The Hall–Kier alpha value is -10.2. The first-order chi connectivity index (χ1) is 37.7. The van der Waals surface area contributed by atoms with E-state index in [2.05, 4.69) is 234 Å². The summed E-state index contributed by atoms with van der Waals surface area (Å²) in [6.45, 7) is 0. The molecule has 2 aliphatic rings. The minimum Gasteiger partial charge on any atom is -0.456 e. The zero-order chi connectivity index (χ0) is 49.9. The fourth-order valence-electron chi connectivity index (χ4n) is 12.6. The molecule has 11 aromatic carbocycles. The van der Waals surface area contributed by atoms with E-state index < -0.39 is 5.41 Å². The van der Waals surface area contributed by atoms with Crippen LogP contribution in [0.5, 0.6) is 0 Å². The second-order valence-corrected chi connectivity index (χ2v) is 19.9. The molecule has 4 heterocycles. The van der Waals surface area contributed by atoms with Gasteiger partial charge in [-0.1, -0.05) is 206 Å². The molecule has 0 radical (unpaired) electrons. The van der Waals surface area contributed by atoms with E-state index in [0.717, 1.165) is 83.4 Å². The molecule has 6 heteroatoms. The van der Waals surface area contributed by atoms with Crippen LogP contribution >= 0.6 is 0 Å². The number of hydrogen-bond acceptors (Lipinski definition) is 5. The Kier molecular flexibility index (Phi) is 9.15. The second kappa shape index (κ2) is 16.4. The summed E-state index contributed by atoms with van der Waals surface area (Å²) in [5.41, 5.74) is 19.9. The summed E-state index contributed by atoms with van der Waals surface area (Å²) >= 11 is 0.